The van der Waals surface area contributed by atoms with Gasteiger partial charge in [0.1, 0.15) is 0 Å². The second-order valence-electron chi connectivity index (χ2n) is 23.6. The van der Waals surface area contributed by atoms with Crippen LogP contribution in [0, 0.1) is 79.7 Å². The third-order valence-corrected chi connectivity index (χ3v) is 16.3. The molecule has 90 heavy (non-hydrogen) atoms. The first-order valence-corrected chi connectivity index (χ1v) is 32.7. The molecular formula is C88H96Zr2. The van der Waals surface area contributed by atoms with Gasteiger partial charge in [-0.1, -0.05) is 257 Å². The Balaban J connectivity index is 0.000000564. The number of hydrogen-bond acceptors (Lipinski definition) is 0. The zero-order chi connectivity index (χ0) is 62.6. The number of benzene rings is 6. The van der Waals surface area contributed by atoms with E-state index in [1.807, 2.05) is 121 Å². The fourth-order valence-corrected chi connectivity index (χ4v) is 11.9. The summed E-state index contributed by atoms with van der Waals surface area (Å²) in [6.45, 7) is 27.5. The van der Waals surface area contributed by atoms with Crippen LogP contribution in [0.3, 0.4) is 0 Å². The van der Waals surface area contributed by atoms with Crippen molar-refractivity contribution in [3.63, 3.8) is 0 Å². The second kappa shape index (κ2) is 39.6. The van der Waals surface area contributed by atoms with E-state index in [2.05, 4.69) is 204 Å². The van der Waals surface area contributed by atoms with Crippen LogP contribution in [0.15, 0.2) is 218 Å². The van der Waals surface area contributed by atoms with Gasteiger partial charge in [-0.05, 0) is 44.5 Å². The van der Waals surface area contributed by atoms with Crippen molar-refractivity contribution in [3.05, 3.63) is 309 Å². The summed E-state index contributed by atoms with van der Waals surface area (Å²) in [5, 5.41) is 0. The average Bonchev–Trinajstić information content (AvgIpc) is 0.998. The van der Waals surface area contributed by atoms with Crippen LogP contribution in [0.4, 0.5) is 0 Å². The van der Waals surface area contributed by atoms with E-state index in [0.29, 0.717) is 0 Å². The molecule has 0 nitrogen and oxygen atoms in total. The summed E-state index contributed by atoms with van der Waals surface area (Å²) >= 11 is 0. The van der Waals surface area contributed by atoms with Crippen LogP contribution in [0.2, 0.25) is 0 Å². The summed E-state index contributed by atoms with van der Waals surface area (Å²) in [7, 11) is 0. The van der Waals surface area contributed by atoms with Crippen LogP contribution in [-0.2, 0) is 52.4 Å². The summed E-state index contributed by atoms with van der Waals surface area (Å²) < 4.78 is 0. The minimum absolute atomic E-state index is 0. The molecule has 0 unspecified atom stereocenters. The van der Waals surface area contributed by atoms with Crippen LogP contribution in [0.25, 0.3) is 66.8 Å². The summed E-state index contributed by atoms with van der Waals surface area (Å²) in [6.07, 6.45) is 28.7. The van der Waals surface area contributed by atoms with E-state index in [1.54, 1.807) is 0 Å². The molecule has 0 spiro atoms. The Morgan fingerprint density at radius 2 is 0.400 bits per heavy atom. The number of unbranched alkanes of at least 4 members (excludes halogenated alkanes) is 8. The van der Waals surface area contributed by atoms with E-state index in [9.17, 15) is 0 Å². The van der Waals surface area contributed by atoms with Crippen molar-refractivity contribution in [2.75, 3.05) is 0 Å². The number of rotatable bonds is 12. The maximum absolute atomic E-state index is 4.02. The fourth-order valence-electron chi connectivity index (χ4n) is 11.9. The Morgan fingerprint density at radius 3 is 0.522 bits per heavy atom. The zero-order valence-electron chi connectivity index (χ0n) is 56.3. The number of aryl methyl sites for hydroxylation is 8. The molecule has 10 aliphatic carbocycles. The molecule has 0 aromatic heterocycles. The monoisotopic (exact) mass is 1330 g/mol. The normalized spacial score (nSPS) is 13.1. The van der Waals surface area contributed by atoms with Gasteiger partial charge >= 0.3 is 52.4 Å². The van der Waals surface area contributed by atoms with E-state index >= 15 is 0 Å². The second-order valence-corrected chi connectivity index (χ2v) is 23.6. The summed E-state index contributed by atoms with van der Waals surface area (Å²) in [5.41, 5.74) is 30.1. The van der Waals surface area contributed by atoms with Gasteiger partial charge in [-0.3, -0.25) is 46.6 Å². The predicted molar refractivity (Wildman–Crippen MR) is 385 cm³/mol. The van der Waals surface area contributed by atoms with Crippen molar-refractivity contribution in [1.82, 2.24) is 0 Å². The van der Waals surface area contributed by atoms with Gasteiger partial charge in [0.05, 0.1) is 0 Å². The molecule has 20 rings (SSSR count). The quantitative estimate of drug-likeness (QED) is 0.0845. The van der Waals surface area contributed by atoms with Gasteiger partial charge in [-0.2, -0.15) is 95.1 Å². The molecule has 0 fully saturated rings. The largest absolute Gasteiger partial charge is 4.00 e. The van der Waals surface area contributed by atoms with Crippen molar-refractivity contribution < 1.29 is 52.4 Å². The molecule has 0 aliphatic heterocycles. The Labute approximate surface area is 583 Å². The summed E-state index contributed by atoms with van der Waals surface area (Å²) in [5.74, 6) is 0. The molecular weight excluding hydrogens is 1240 g/mol. The van der Waals surface area contributed by atoms with Gasteiger partial charge in [0.2, 0.25) is 0 Å². The Morgan fingerprint density at radius 1 is 0.244 bits per heavy atom. The molecule has 456 valence electrons. The fraction of sp³-hybridized carbons (Fsp3) is 0.273. The topological polar surface area (TPSA) is 0 Å². The van der Waals surface area contributed by atoms with Crippen molar-refractivity contribution >= 4 is 22.3 Å². The molecule has 0 atom stereocenters. The van der Waals surface area contributed by atoms with Crippen molar-refractivity contribution in [1.29, 1.82) is 0 Å². The molecule has 0 saturated heterocycles. The SMILES string of the molecule is CCCC[C-]=C1C(=[C-]CCCC)c2c(C)cc(cc2C)-c2ccc(cc2)-c2cc(C)c(c(C)c2)C(=[C-]CCCC)C(=[C-]CCCC)c2c(C)cc(cc2C)-c2ccc(cc2)-c2cc(C)c1c(C)c2.[Zr+4].[Zr+4].c1cc[cH-]c1.c1cc[cH-]c1.c1cc[cH-]c1.c1cc[cH-]c1. The van der Waals surface area contributed by atoms with Gasteiger partial charge in [0.15, 0.2) is 0 Å². The minimum atomic E-state index is 0. The first kappa shape index (κ1) is 74.2. The van der Waals surface area contributed by atoms with Gasteiger partial charge in [0, 0.05) is 0 Å². The molecule has 10 aromatic rings. The molecule has 12 bridgehead atoms. The Bertz CT molecular complexity index is 3090. The predicted octanol–water partition coefficient (Wildman–Crippen LogP) is 25.7. The van der Waals surface area contributed by atoms with Crippen LogP contribution in [0.5, 0.6) is 0 Å². The molecule has 0 N–H and O–H groups in total. The molecule has 2 heteroatoms. The molecule has 0 amide bonds. The van der Waals surface area contributed by atoms with E-state index in [0.717, 1.165) is 77.0 Å². The van der Waals surface area contributed by atoms with E-state index < -0.39 is 0 Å². The van der Waals surface area contributed by atoms with Gasteiger partial charge in [0.25, 0.3) is 0 Å². The smallest absolute Gasteiger partial charge is 0.294 e. The van der Waals surface area contributed by atoms with Gasteiger partial charge in [-0.15, -0.1) is 44.5 Å². The third kappa shape index (κ3) is 21.3. The summed E-state index contributed by atoms with van der Waals surface area (Å²) in [6, 6.07) is 77.7. The number of allylic oxidation sites excluding steroid dienone is 8. The third-order valence-electron chi connectivity index (χ3n) is 16.3. The number of hydrogen-bond donors (Lipinski definition) is 0. The molecule has 0 radical (unpaired) electrons. The molecule has 0 heterocycles. The van der Waals surface area contributed by atoms with Crippen LogP contribution in [0.1, 0.15) is 172 Å². The zero-order valence-corrected chi connectivity index (χ0v) is 61.2. The maximum atomic E-state index is 4.02. The van der Waals surface area contributed by atoms with E-state index in [4.69, 9.17) is 0 Å². The van der Waals surface area contributed by atoms with Crippen LogP contribution in [-0.4, -0.2) is 0 Å². The van der Waals surface area contributed by atoms with Crippen molar-refractivity contribution in [3.8, 4) is 44.5 Å². The first-order chi connectivity index (χ1) is 42.9. The molecule has 10 aliphatic rings. The Kier molecular flexibility index (Phi) is 32.7. The van der Waals surface area contributed by atoms with Crippen LogP contribution < -0.4 is 0 Å². The maximum Gasteiger partial charge on any atom is 4.00 e. The summed E-state index contributed by atoms with van der Waals surface area (Å²) in [4.78, 5) is 0. The van der Waals surface area contributed by atoms with E-state index in [1.165, 1.54) is 134 Å². The average molecular weight is 1340 g/mol. The molecule has 0 saturated carbocycles. The standard InChI is InChI=1S/C68H76.4C5H5.2Zr/c1-13-17-21-25-61-62(26-22-18-14-2)66-47(7)39-58(40-48(66)8)54-33-35-56(36-34-54)60-43-51(11)68(52(12)44-60)64(28-24-20-16-4)63(27-23-19-15-3)67-49(9)41-59(42-50(67)10)55-31-29-53(30-32-55)57-37-45(5)65(61)46(6)38-57;4*1-2-4-5-3-1;;/h29-44H,13-24H2,1-12H3;4*1-5H;;/q-4;4*-1;2*+4. The minimum Gasteiger partial charge on any atom is -0.294 e. The van der Waals surface area contributed by atoms with Gasteiger partial charge in [-0.25, -0.2) is 48.5 Å². The molecule has 10 aromatic carbocycles. The van der Waals surface area contributed by atoms with Crippen molar-refractivity contribution in [2.24, 2.45) is 0 Å². The van der Waals surface area contributed by atoms with Gasteiger partial charge < -0.3 is 0 Å². The Hall–Kier alpha value is -6.55. The van der Waals surface area contributed by atoms with Crippen molar-refractivity contribution in [2.45, 2.75) is 160 Å². The van der Waals surface area contributed by atoms with Crippen LogP contribution >= 0.6 is 0 Å². The first-order valence-electron chi connectivity index (χ1n) is 32.7. The van der Waals surface area contributed by atoms with E-state index in [-0.39, 0.29) is 52.4 Å².